The van der Waals surface area contributed by atoms with Gasteiger partial charge in [-0.2, -0.15) is 0 Å². The summed E-state index contributed by atoms with van der Waals surface area (Å²) < 4.78 is 29.4. The van der Waals surface area contributed by atoms with Crippen LogP contribution < -0.4 is 19.8 Å². The number of carbonyl (C=O) groups excluding carboxylic acids is 1. The minimum Gasteiger partial charge on any atom is -0.395 e. The van der Waals surface area contributed by atoms with Crippen LogP contribution in [0.2, 0.25) is 0 Å². The Morgan fingerprint density at radius 1 is 0.976 bits per heavy atom. The van der Waals surface area contributed by atoms with Crippen LogP contribution in [0.25, 0.3) is 10.9 Å². The first-order valence-corrected chi connectivity index (χ1v) is 16.4. The lowest BCUT2D eigenvalue weighted by molar-refractivity contribution is 0.102. The van der Waals surface area contributed by atoms with Gasteiger partial charge in [0.25, 0.3) is 5.91 Å². The zero-order valence-electron chi connectivity index (χ0n) is 23.5. The third-order valence-electron chi connectivity index (χ3n) is 9.77. The summed E-state index contributed by atoms with van der Waals surface area (Å²) in [6.07, 6.45) is 10.5. The molecule has 41 heavy (non-hydrogen) atoms. The second-order valence-electron chi connectivity index (χ2n) is 12.7. The Balaban J connectivity index is 1.19. The van der Waals surface area contributed by atoms with E-state index in [1.54, 1.807) is 18.2 Å². The highest BCUT2D eigenvalue weighted by atomic mass is 32.2. The van der Waals surface area contributed by atoms with Gasteiger partial charge in [0.15, 0.2) is 5.82 Å². The van der Waals surface area contributed by atoms with E-state index >= 15 is 0 Å². The molecule has 11 heteroatoms. The first-order valence-electron chi connectivity index (χ1n) is 14.7. The van der Waals surface area contributed by atoms with Crippen LogP contribution in [-0.4, -0.2) is 67.5 Å². The molecule has 2 aliphatic carbocycles. The van der Waals surface area contributed by atoms with Gasteiger partial charge in [0.1, 0.15) is 5.82 Å². The van der Waals surface area contributed by atoms with E-state index in [0.29, 0.717) is 33.6 Å². The number of aliphatic hydroxyl groups is 1. The largest absolute Gasteiger partial charge is 0.395 e. The van der Waals surface area contributed by atoms with Gasteiger partial charge in [-0.15, -0.1) is 0 Å². The summed E-state index contributed by atoms with van der Waals surface area (Å²) in [5.41, 5.74) is 3.55. The zero-order valence-corrected chi connectivity index (χ0v) is 24.3. The molecule has 3 N–H and O–H groups in total. The number of carbonyl (C=O) groups is 1. The van der Waals surface area contributed by atoms with Crippen molar-refractivity contribution in [2.75, 3.05) is 58.4 Å². The highest BCUT2D eigenvalue weighted by Gasteiger charge is 2.48. The minimum absolute atomic E-state index is 0.273. The Morgan fingerprint density at radius 2 is 1.68 bits per heavy atom. The molecule has 0 unspecified atom stereocenters. The predicted octanol–water partition coefficient (Wildman–Crippen LogP) is 3.93. The number of fused-ring (bicyclic) bond motifs is 1. The van der Waals surface area contributed by atoms with Gasteiger partial charge in [0.05, 0.1) is 34.8 Å². The fourth-order valence-electron chi connectivity index (χ4n) is 6.77. The normalized spacial score (nSPS) is 20.6. The fraction of sp³-hybridized carbons (Fsp3) is 0.533. The maximum Gasteiger partial charge on any atom is 0.258 e. The number of rotatable bonds is 8. The maximum atomic E-state index is 13.8. The number of anilines is 4. The summed E-state index contributed by atoms with van der Waals surface area (Å²) in [7, 11) is -1.66. The Hall–Kier alpha value is -3.31. The topological polar surface area (TPSA) is 120 Å². The molecule has 0 radical (unpaired) electrons. The van der Waals surface area contributed by atoms with Crippen molar-refractivity contribution in [2.24, 2.45) is 17.9 Å². The van der Waals surface area contributed by atoms with Crippen molar-refractivity contribution in [1.82, 2.24) is 9.55 Å². The van der Waals surface area contributed by atoms with E-state index in [4.69, 9.17) is 10.1 Å². The van der Waals surface area contributed by atoms with Crippen LogP contribution in [0, 0.1) is 10.8 Å². The monoisotopic (exact) mass is 578 g/mol. The Labute approximate surface area is 240 Å². The maximum absolute atomic E-state index is 13.8. The van der Waals surface area contributed by atoms with Gasteiger partial charge in [-0.3, -0.25) is 9.52 Å². The van der Waals surface area contributed by atoms with E-state index in [2.05, 4.69) is 30.5 Å². The van der Waals surface area contributed by atoms with E-state index < -0.39 is 16.6 Å². The number of aromatic nitrogens is 2. The molecule has 1 aromatic carbocycles. The van der Waals surface area contributed by atoms with Crippen molar-refractivity contribution < 1.29 is 18.3 Å². The van der Waals surface area contributed by atoms with E-state index in [-0.39, 0.29) is 11.7 Å². The molecule has 2 aromatic heterocycles. The molecule has 2 saturated carbocycles. The van der Waals surface area contributed by atoms with E-state index in [1.807, 2.05) is 19.3 Å². The minimum atomic E-state index is -3.69. The summed E-state index contributed by atoms with van der Waals surface area (Å²) in [4.78, 5) is 23.4. The molecule has 7 rings (SSSR count). The second-order valence-corrected chi connectivity index (χ2v) is 14.5. The average Bonchev–Trinajstić information content (AvgIpc) is 3.79. The van der Waals surface area contributed by atoms with Crippen molar-refractivity contribution in [3.8, 4) is 0 Å². The number of benzene rings is 1. The van der Waals surface area contributed by atoms with Crippen molar-refractivity contribution in [1.29, 1.82) is 0 Å². The van der Waals surface area contributed by atoms with Gasteiger partial charge in [0.2, 0.25) is 10.0 Å². The average molecular weight is 579 g/mol. The van der Waals surface area contributed by atoms with Gasteiger partial charge < -0.3 is 24.8 Å². The van der Waals surface area contributed by atoms with Crippen LogP contribution in [-0.2, 0) is 17.1 Å². The molecular formula is C30H38N6O4S. The number of piperidine rings is 1. The third kappa shape index (κ3) is 5.14. The summed E-state index contributed by atoms with van der Waals surface area (Å²) in [6, 6.07) is 9.02. The Kier molecular flexibility index (Phi) is 6.24. The summed E-state index contributed by atoms with van der Waals surface area (Å²) in [6.45, 7) is 3.16. The van der Waals surface area contributed by atoms with E-state index in [1.165, 1.54) is 32.1 Å². The second kappa shape index (κ2) is 9.62. The lowest BCUT2D eigenvalue weighted by Gasteiger charge is -2.35. The quantitative estimate of drug-likeness (QED) is 0.371. The van der Waals surface area contributed by atoms with Crippen molar-refractivity contribution >= 4 is 49.8 Å². The van der Waals surface area contributed by atoms with Gasteiger partial charge in [-0.1, -0.05) is 0 Å². The summed E-state index contributed by atoms with van der Waals surface area (Å²) in [5, 5.41) is 13.2. The summed E-state index contributed by atoms with van der Waals surface area (Å²) >= 11 is 0. The zero-order chi connectivity index (χ0) is 28.4. The predicted molar refractivity (Wildman–Crippen MR) is 161 cm³/mol. The van der Waals surface area contributed by atoms with Crippen LogP contribution in [0.5, 0.6) is 0 Å². The van der Waals surface area contributed by atoms with Crippen LogP contribution >= 0.6 is 0 Å². The van der Waals surface area contributed by atoms with Crippen LogP contribution in [0.1, 0.15) is 55.3 Å². The van der Waals surface area contributed by atoms with Gasteiger partial charge in [0, 0.05) is 44.8 Å². The molecule has 2 aliphatic heterocycles. The van der Waals surface area contributed by atoms with Gasteiger partial charge >= 0.3 is 0 Å². The lowest BCUT2D eigenvalue weighted by atomic mass is 9.93. The molecule has 0 bridgehead atoms. The van der Waals surface area contributed by atoms with Crippen molar-refractivity contribution in [2.45, 2.75) is 44.9 Å². The highest BCUT2D eigenvalue weighted by Crippen LogP contribution is 2.55. The Morgan fingerprint density at radius 3 is 2.37 bits per heavy atom. The molecule has 218 valence electrons. The molecule has 4 fully saturated rings. The van der Waals surface area contributed by atoms with Crippen molar-refractivity contribution in [3.63, 3.8) is 0 Å². The number of aryl methyl sites for hydroxylation is 1. The van der Waals surface area contributed by atoms with Crippen molar-refractivity contribution in [3.05, 3.63) is 42.1 Å². The molecule has 4 aliphatic rings. The number of sulfonamides is 1. The molecule has 0 atom stereocenters. The molecule has 3 aromatic rings. The fourth-order valence-corrected chi connectivity index (χ4v) is 7.59. The molecule has 2 saturated heterocycles. The van der Waals surface area contributed by atoms with Gasteiger partial charge in [-0.05, 0) is 86.1 Å². The highest BCUT2D eigenvalue weighted by molar-refractivity contribution is 7.92. The number of hydrogen-bond donors (Lipinski definition) is 3. The molecular weight excluding hydrogens is 540 g/mol. The summed E-state index contributed by atoms with van der Waals surface area (Å²) in [5.74, 6) is 0.763. The number of aliphatic hydroxyl groups excluding tert-OH is 1. The lowest BCUT2D eigenvalue weighted by Crippen LogP contribution is -2.35. The number of hydrogen-bond acceptors (Lipinski definition) is 7. The van der Waals surface area contributed by atoms with E-state index in [9.17, 15) is 13.2 Å². The van der Waals surface area contributed by atoms with Crippen LogP contribution in [0.4, 0.5) is 23.0 Å². The number of pyridine rings is 1. The molecule has 4 heterocycles. The van der Waals surface area contributed by atoms with E-state index in [0.717, 1.165) is 55.7 Å². The molecule has 2 spiro atoms. The third-order valence-corrected chi connectivity index (χ3v) is 11.0. The molecule has 1 amide bonds. The Bertz CT molecular complexity index is 1620. The van der Waals surface area contributed by atoms with Gasteiger partial charge in [-0.25, -0.2) is 13.4 Å². The van der Waals surface area contributed by atoms with Crippen LogP contribution in [0.3, 0.4) is 0 Å². The number of nitrogens with zero attached hydrogens (tertiary/aromatic N) is 4. The first kappa shape index (κ1) is 26.6. The SMILES string of the molecule is Cn1ccc2cc(NC(=O)c3ccc(NS(=O)(=O)CCO)cc3N3CCC4(CC3)CC4)nc(N3CCC4(CC4)C3)c21. The number of nitrogens with one attached hydrogen (secondary N) is 2. The van der Waals surface area contributed by atoms with Crippen LogP contribution in [0.15, 0.2) is 36.5 Å². The first-order chi connectivity index (χ1) is 19.7. The smallest absolute Gasteiger partial charge is 0.258 e. The molecule has 10 nitrogen and oxygen atoms in total. The number of amides is 1. The standard InChI is InChI=1S/C30H38N6O4S/c1-34-12-4-21-18-25(31-27(26(21)34)36-15-11-30(20-36)7-8-30)32-28(38)23-3-2-22(33-41(39,40)17-16-37)19-24(23)35-13-9-29(5-6-29)10-14-35/h2-4,12,18-19,33,37H,5-11,13-17,20H2,1H3,(H,31,32,38).